The average molecular weight is 419 g/mol. The van der Waals surface area contributed by atoms with Crippen LogP contribution < -0.4 is 10.2 Å². The molecule has 1 saturated heterocycles. The van der Waals surface area contributed by atoms with Crippen LogP contribution in [0.4, 0.5) is 10.5 Å². The monoisotopic (exact) mass is 418 g/mol. The van der Waals surface area contributed by atoms with E-state index in [9.17, 15) is 4.79 Å². The van der Waals surface area contributed by atoms with E-state index >= 15 is 0 Å². The number of aryl methyl sites for hydroxylation is 1. The van der Waals surface area contributed by atoms with Gasteiger partial charge in [0.05, 0.1) is 23.8 Å². The zero-order valence-corrected chi connectivity index (χ0v) is 18.3. The van der Waals surface area contributed by atoms with Crippen molar-refractivity contribution in [3.05, 3.63) is 59.4 Å². The number of benzene rings is 2. The van der Waals surface area contributed by atoms with Crippen LogP contribution in [0.5, 0.6) is 0 Å². The highest BCUT2D eigenvalue weighted by Crippen LogP contribution is 2.38. The van der Waals surface area contributed by atoms with E-state index in [1.165, 1.54) is 24.6 Å². The Morgan fingerprint density at radius 1 is 1.19 bits per heavy atom. The number of imidazole rings is 1. The highest BCUT2D eigenvalue weighted by atomic mass is 16.5. The maximum atomic E-state index is 12.5. The van der Waals surface area contributed by atoms with Crippen molar-refractivity contribution in [1.29, 1.82) is 0 Å². The maximum absolute atomic E-state index is 12.5. The number of anilines is 1. The molecule has 31 heavy (non-hydrogen) atoms. The molecule has 1 aromatic heterocycles. The molecule has 2 aliphatic rings. The maximum Gasteiger partial charge on any atom is 0.414 e. The van der Waals surface area contributed by atoms with Gasteiger partial charge < -0.3 is 14.6 Å². The second-order valence-corrected chi connectivity index (χ2v) is 8.72. The first-order valence-corrected chi connectivity index (χ1v) is 11.3. The van der Waals surface area contributed by atoms with Crippen molar-refractivity contribution in [3.8, 4) is 0 Å². The Morgan fingerprint density at radius 3 is 2.77 bits per heavy atom. The third-order valence-corrected chi connectivity index (χ3v) is 6.74. The molecule has 2 unspecified atom stereocenters. The molecule has 0 aliphatic carbocycles. The minimum absolute atomic E-state index is 0.116. The summed E-state index contributed by atoms with van der Waals surface area (Å²) in [6.45, 7) is 4.13. The lowest BCUT2D eigenvalue weighted by molar-refractivity contribution is 0.175. The summed E-state index contributed by atoms with van der Waals surface area (Å²) in [4.78, 5) is 19.5. The minimum Gasteiger partial charge on any atom is -0.452 e. The number of piperidine rings is 1. The van der Waals surface area contributed by atoms with Gasteiger partial charge in [0.1, 0.15) is 5.82 Å². The molecular formula is C25H30N4O2. The van der Waals surface area contributed by atoms with Crippen LogP contribution >= 0.6 is 0 Å². The smallest absolute Gasteiger partial charge is 0.414 e. The number of nitrogens with one attached hydrogen (secondary N) is 1. The lowest BCUT2D eigenvalue weighted by Gasteiger charge is -2.34. The van der Waals surface area contributed by atoms with Crippen molar-refractivity contribution >= 4 is 22.8 Å². The average Bonchev–Trinajstić information content (AvgIpc) is 3.17. The number of nitrogens with zero attached hydrogens (tertiary/aromatic N) is 3. The standard InChI is InChI=1S/C25H30N4O2/c1-17-10-11-20-21(28(17)25(30)31-2)12-13-22-24(20)27-23(15-18-7-4-3-5-8-18)29(22)19-9-6-14-26-16-19/h3-5,7-8,12-13,17,19,26H,6,9-11,14-16H2,1-2H3. The van der Waals surface area contributed by atoms with Crippen LogP contribution in [0.25, 0.3) is 11.0 Å². The Hall–Kier alpha value is -2.86. The van der Waals surface area contributed by atoms with Crippen molar-refractivity contribution in [2.45, 2.75) is 51.1 Å². The largest absolute Gasteiger partial charge is 0.452 e. The van der Waals surface area contributed by atoms with Crippen molar-refractivity contribution < 1.29 is 9.53 Å². The van der Waals surface area contributed by atoms with Crippen LogP contribution in [0.1, 0.15) is 49.2 Å². The zero-order valence-electron chi connectivity index (χ0n) is 18.3. The summed E-state index contributed by atoms with van der Waals surface area (Å²) in [5.74, 6) is 1.10. The van der Waals surface area contributed by atoms with E-state index in [4.69, 9.17) is 9.72 Å². The fourth-order valence-corrected chi connectivity index (χ4v) is 5.19. The Kier molecular flexibility index (Phi) is 5.40. The number of methoxy groups -OCH3 is 1. The molecule has 1 fully saturated rings. The predicted molar refractivity (Wildman–Crippen MR) is 123 cm³/mol. The van der Waals surface area contributed by atoms with Gasteiger partial charge in [-0.1, -0.05) is 30.3 Å². The molecule has 2 aliphatic heterocycles. The fraction of sp³-hybridized carbons (Fsp3) is 0.440. The summed E-state index contributed by atoms with van der Waals surface area (Å²) in [5, 5.41) is 3.56. The molecule has 5 rings (SSSR count). The number of hydrogen-bond donors (Lipinski definition) is 1. The fourth-order valence-electron chi connectivity index (χ4n) is 5.19. The lowest BCUT2D eigenvalue weighted by Crippen LogP contribution is -2.42. The molecule has 0 bridgehead atoms. The predicted octanol–water partition coefficient (Wildman–Crippen LogP) is 4.46. The highest BCUT2D eigenvalue weighted by Gasteiger charge is 2.32. The normalized spacial score (nSPS) is 21.2. The number of aromatic nitrogens is 2. The van der Waals surface area contributed by atoms with Gasteiger partial charge in [0.25, 0.3) is 0 Å². The summed E-state index contributed by atoms with van der Waals surface area (Å²) in [7, 11) is 1.45. The van der Waals surface area contributed by atoms with Crippen LogP contribution in [0.3, 0.4) is 0 Å². The van der Waals surface area contributed by atoms with Gasteiger partial charge in [0.2, 0.25) is 0 Å². The lowest BCUT2D eigenvalue weighted by atomic mass is 9.95. The number of hydrogen-bond acceptors (Lipinski definition) is 4. The molecule has 3 aromatic rings. The highest BCUT2D eigenvalue weighted by molar-refractivity contribution is 5.95. The van der Waals surface area contributed by atoms with Crippen molar-refractivity contribution in [2.75, 3.05) is 25.1 Å². The van der Waals surface area contributed by atoms with Crippen molar-refractivity contribution in [1.82, 2.24) is 14.9 Å². The molecule has 6 nitrogen and oxygen atoms in total. The van der Waals surface area contributed by atoms with E-state index < -0.39 is 0 Å². The third kappa shape index (κ3) is 3.59. The molecular weight excluding hydrogens is 388 g/mol. The van der Waals surface area contributed by atoms with Crippen LogP contribution in [0.15, 0.2) is 42.5 Å². The summed E-state index contributed by atoms with van der Waals surface area (Å²) >= 11 is 0. The van der Waals surface area contributed by atoms with Gasteiger partial charge in [0, 0.05) is 30.6 Å². The Balaban J connectivity index is 1.66. The molecule has 1 N–H and O–H groups in total. The molecule has 162 valence electrons. The topological polar surface area (TPSA) is 59.4 Å². The van der Waals surface area contributed by atoms with E-state index in [2.05, 4.69) is 59.3 Å². The van der Waals surface area contributed by atoms with Gasteiger partial charge in [-0.3, -0.25) is 4.90 Å². The first-order chi connectivity index (χ1) is 15.2. The third-order valence-electron chi connectivity index (χ3n) is 6.74. The molecule has 2 aromatic carbocycles. The number of fused-ring (bicyclic) bond motifs is 3. The minimum atomic E-state index is -0.298. The van der Waals surface area contributed by atoms with E-state index in [-0.39, 0.29) is 12.1 Å². The Bertz CT molecular complexity index is 1090. The molecule has 1 amide bonds. The SMILES string of the molecule is COC(=O)N1c2ccc3c(nc(Cc4ccccc4)n3C3CCCNC3)c2CCC1C. The number of carbonyl (C=O) groups is 1. The summed E-state index contributed by atoms with van der Waals surface area (Å²) in [6.07, 6.45) is 4.67. The van der Waals surface area contributed by atoms with Crippen LogP contribution in [-0.2, 0) is 17.6 Å². The zero-order chi connectivity index (χ0) is 21.4. The van der Waals surface area contributed by atoms with Gasteiger partial charge in [0.15, 0.2) is 0 Å². The molecule has 6 heteroatoms. The second kappa shape index (κ2) is 8.35. The van der Waals surface area contributed by atoms with E-state index in [1.807, 2.05) is 0 Å². The van der Waals surface area contributed by atoms with E-state index in [1.54, 1.807) is 4.90 Å². The quantitative estimate of drug-likeness (QED) is 0.682. The van der Waals surface area contributed by atoms with Crippen molar-refractivity contribution in [2.24, 2.45) is 0 Å². The first kappa shape index (κ1) is 20.1. The Morgan fingerprint density at radius 2 is 2.03 bits per heavy atom. The van der Waals surface area contributed by atoms with Gasteiger partial charge in [-0.2, -0.15) is 0 Å². The molecule has 0 spiro atoms. The molecule has 0 saturated carbocycles. The van der Waals surface area contributed by atoms with Crippen LogP contribution in [-0.4, -0.2) is 41.9 Å². The van der Waals surface area contributed by atoms with Crippen LogP contribution in [0.2, 0.25) is 0 Å². The summed E-state index contributed by atoms with van der Waals surface area (Å²) < 4.78 is 7.54. The van der Waals surface area contributed by atoms with Crippen LogP contribution in [0, 0.1) is 0 Å². The molecule has 0 radical (unpaired) electrons. The molecule has 3 heterocycles. The first-order valence-electron chi connectivity index (χ1n) is 11.3. The van der Waals surface area contributed by atoms with Crippen molar-refractivity contribution in [3.63, 3.8) is 0 Å². The van der Waals surface area contributed by atoms with Gasteiger partial charge in [-0.15, -0.1) is 0 Å². The summed E-state index contributed by atoms with van der Waals surface area (Å²) in [6, 6.07) is 15.3. The Labute approximate surface area is 183 Å². The van der Waals surface area contributed by atoms with E-state index in [0.29, 0.717) is 6.04 Å². The molecule has 2 atom stereocenters. The summed E-state index contributed by atoms with van der Waals surface area (Å²) in [5.41, 5.74) is 5.59. The number of ether oxygens (including phenoxy) is 1. The van der Waals surface area contributed by atoms with Gasteiger partial charge in [-0.05, 0) is 56.8 Å². The van der Waals surface area contributed by atoms with Gasteiger partial charge >= 0.3 is 6.09 Å². The second-order valence-electron chi connectivity index (χ2n) is 8.72. The number of rotatable bonds is 3. The van der Waals surface area contributed by atoms with Gasteiger partial charge in [-0.25, -0.2) is 9.78 Å². The number of carbonyl (C=O) groups excluding carboxylic acids is 1. The number of amides is 1. The van der Waals surface area contributed by atoms with E-state index in [0.717, 1.165) is 61.4 Å².